The first-order valence-corrected chi connectivity index (χ1v) is 3.90. The summed E-state index contributed by atoms with van der Waals surface area (Å²) in [7, 11) is 0. The minimum Gasteiger partial charge on any atom is -0.383 e. The van der Waals surface area contributed by atoms with Gasteiger partial charge in [-0.05, 0) is 12.5 Å². The van der Waals surface area contributed by atoms with E-state index in [1.54, 1.807) is 19.1 Å². The maximum absolute atomic E-state index is 9.92. The van der Waals surface area contributed by atoms with Crippen LogP contribution in [0.1, 0.15) is 12.5 Å². The summed E-state index contributed by atoms with van der Waals surface area (Å²) >= 11 is 0. The van der Waals surface area contributed by atoms with Crippen LogP contribution < -0.4 is 11.6 Å². The fourth-order valence-electron chi connectivity index (χ4n) is 1.04. The number of amidine groups is 1. The van der Waals surface area contributed by atoms with Crippen molar-refractivity contribution >= 4 is 5.84 Å². The second-order valence-electron chi connectivity index (χ2n) is 2.95. The Balaban J connectivity index is 3.08. The summed E-state index contributed by atoms with van der Waals surface area (Å²) in [6.07, 6.45) is 0. The van der Waals surface area contributed by atoms with E-state index in [2.05, 4.69) is 5.10 Å². The standard InChI is InChI=1S/C9H13N3O/c1-9(13,8(10)12-11)7-5-3-2-4-6-7/h2-6,13H,11H2,1H3,(H2,10,12). The van der Waals surface area contributed by atoms with Gasteiger partial charge in [0.1, 0.15) is 5.60 Å². The van der Waals surface area contributed by atoms with Gasteiger partial charge in [0.15, 0.2) is 5.84 Å². The molecule has 0 aliphatic rings. The zero-order chi connectivity index (χ0) is 9.90. The van der Waals surface area contributed by atoms with Crippen LogP contribution in [0.25, 0.3) is 0 Å². The zero-order valence-electron chi connectivity index (χ0n) is 7.44. The third-order valence-corrected chi connectivity index (χ3v) is 1.97. The van der Waals surface area contributed by atoms with Gasteiger partial charge in [0, 0.05) is 0 Å². The van der Waals surface area contributed by atoms with Gasteiger partial charge in [-0.1, -0.05) is 30.3 Å². The van der Waals surface area contributed by atoms with E-state index >= 15 is 0 Å². The van der Waals surface area contributed by atoms with Crippen molar-refractivity contribution < 1.29 is 5.11 Å². The lowest BCUT2D eigenvalue weighted by molar-refractivity contribution is 0.131. The molecule has 1 aromatic carbocycles. The fraction of sp³-hybridized carbons (Fsp3) is 0.222. The number of hydrazone groups is 1. The van der Waals surface area contributed by atoms with Crippen molar-refractivity contribution in [3.63, 3.8) is 0 Å². The van der Waals surface area contributed by atoms with Crippen LogP contribution in [0.5, 0.6) is 0 Å². The quantitative estimate of drug-likeness (QED) is 0.261. The topological polar surface area (TPSA) is 84.6 Å². The normalized spacial score (nSPS) is 16.6. The van der Waals surface area contributed by atoms with Crippen LogP contribution in [-0.4, -0.2) is 10.9 Å². The summed E-state index contributed by atoms with van der Waals surface area (Å²) in [5.74, 6) is 5.00. The number of aliphatic hydroxyl groups is 1. The molecule has 1 unspecified atom stereocenters. The third-order valence-electron chi connectivity index (χ3n) is 1.97. The first kappa shape index (κ1) is 9.54. The molecule has 13 heavy (non-hydrogen) atoms. The van der Waals surface area contributed by atoms with Gasteiger partial charge in [0.2, 0.25) is 0 Å². The Hall–Kier alpha value is -1.55. The molecule has 0 amide bonds. The van der Waals surface area contributed by atoms with E-state index in [1.165, 1.54) is 0 Å². The molecule has 1 rings (SSSR count). The number of rotatable bonds is 2. The molecule has 70 valence electrons. The molecule has 0 aliphatic carbocycles. The first-order valence-electron chi connectivity index (χ1n) is 3.90. The van der Waals surface area contributed by atoms with Crippen molar-refractivity contribution in [2.45, 2.75) is 12.5 Å². The molecular weight excluding hydrogens is 166 g/mol. The highest BCUT2D eigenvalue weighted by Crippen LogP contribution is 2.19. The van der Waals surface area contributed by atoms with Gasteiger partial charge in [-0.2, -0.15) is 5.10 Å². The Morgan fingerprint density at radius 1 is 1.38 bits per heavy atom. The maximum atomic E-state index is 9.92. The van der Waals surface area contributed by atoms with E-state index in [1.807, 2.05) is 18.2 Å². The van der Waals surface area contributed by atoms with Crippen molar-refractivity contribution in [2.24, 2.45) is 16.7 Å². The van der Waals surface area contributed by atoms with Crippen molar-refractivity contribution in [1.82, 2.24) is 0 Å². The largest absolute Gasteiger partial charge is 0.383 e. The van der Waals surface area contributed by atoms with Gasteiger partial charge in [0.25, 0.3) is 0 Å². The molecule has 4 heteroatoms. The molecule has 0 saturated carbocycles. The van der Waals surface area contributed by atoms with Gasteiger partial charge in [-0.15, -0.1) is 0 Å². The smallest absolute Gasteiger partial charge is 0.155 e. The van der Waals surface area contributed by atoms with E-state index < -0.39 is 5.60 Å². The summed E-state index contributed by atoms with van der Waals surface area (Å²) in [5, 5.41) is 13.2. The van der Waals surface area contributed by atoms with Crippen LogP contribution in [0, 0.1) is 0 Å². The molecular formula is C9H13N3O. The van der Waals surface area contributed by atoms with Crippen LogP contribution in [0.3, 0.4) is 0 Å². The molecule has 4 nitrogen and oxygen atoms in total. The Morgan fingerprint density at radius 2 is 1.92 bits per heavy atom. The summed E-state index contributed by atoms with van der Waals surface area (Å²) < 4.78 is 0. The molecule has 1 aromatic rings. The molecule has 0 radical (unpaired) electrons. The van der Waals surface area contributed by atoms with E-state index in [0.717, 1.165) is 0 Å². The monoisotopic (exact) mass is 179 g/mol. The van der Waals surface area contributed by atoms with Crippen molar-refractivity contribution in [3.8, 4) is 0 Å². The molecule has 0 heterocycles. The van der Waals surface area contributed by atoms with Crippen LogP contribution in [0.15, 0.2) is 35.4 Å². The molecule has 0 aromatic heterocycles. The number of hydrogen-bond acceptors (Lipinski definition) is 3. The Kier molecular flexibility index (Phi) is 2.53. The molecule has 0 bridgehead atoms. The molecule has 5 N–H and O–H groups in total. The highest BCUT2D eigenvalue weighted by Gasteiger charge is 2.27. The molecule has 0 saturated heterocycles. The van der Waals surface area contributed by atoms with Gasteiger partial charge in [0.05, 0.1) is 0 Å². The van der Waals surface area contributed by atoms with Crippen molar-refractivity contribution in [1.29, 1.82) is 0 Å². The number of nitrogens with zero attached hydrogens (tertiary/aromatic N) is 1. The first-order chi connectivity index (χ1) is 6.09. The van der Waals surface area contributed by atoms with Crippen LogP contribution in [-0.2, 0) is 5.60 Å². The Morgan fingerprint density at radius 3 is 2.38 bits per heavy atom. The van der Waals surface area contributed by atoms with Gasteiger partial charge in [-0.25, -0.2) is 0 Å². The molecule has 0 fully saturated rings. The second-order valence-corrected chi connectivity index (χ2v) is 2.95. The molecule has 0 spiro atoms. The third kappa shape index (κ3) is 1.78. The molecule has 1 atom stereocenters. The minimum atomic E-state index is -1.30. The maximum Gasteiger partial charge on any atom is 0.155 e. The lowest BCUT2D eigenvalue weighted by atomic mass is 9.95. The number of nitrogens with two attached hydrogens (primary N) is 2. The zero-order valence-corrected chi connectivity index (χ0v) is 7.44. The summed E-state index contributed by atoms with van der Waals surface area (Å²) in [6, 6.07) is 9.01. The second kappa shape index (κ2) is 3.45. The predicted octanol–water partition coefficient (Wildman–Crippen LogP) is 0.125. The predicted molar refractivity (Wildman–Crippen MR) is 51.8 cm³/mol. The summed E-state index contributed by atoms with van der Waals surface area (Å²) in [5.41, 5.74) is 4.83. The Bertz CT molecular complexity index is 306. The average molecular weight is 179 g/mol. The van der Waals surface area contributed by atoms with E-state index in [4.69, 9.17) is 11.6 Å². The SMILES string of the molecule is CC(O)(/C(N)=N/N)c1ccccc1. The highest BCUT2D eigenvalue weighted by atomic mass is 16.3. The summed E-state index contributed by atoms with van der Waals surface area (Å²) in [6.45, 7) is 1.55. The van der Waals surface area contributed by atoms with Crippen LogP contribution in [0.2, 0.25) is 0 Å². The minimum absolute atomic E-state index is 0.00120. The van der Waals surface area contributed by atoms with E-state index in [0.29, 0.717) is 5.56 Å². The fourth-order valence-corrected chi connectivity index (χ4v) is 1.04. The van der Waals surface area contributed by atoms with Gasteiger partial charge >= 0.3 is 0 Å². The van der Waals surface area contributed by atoms with E-state index in [-0.39, 0.29) is 5.84 Å². The Labute approximate surface area is 76.9 Å². The van der Waals surface area contributed by atoms with E-state index in [9.17, 15) is 5.11 Å². The van der Waals surface area contributed by atoms with Crippen LogP contribution >= 0.6 is 0 Å². The molecule has 0 aliphatic heterocycles. The number of benzene rings is 1. The van der Waals surface area contributed by atoms with Crippen LogP contribution in [0.4, 0.5) is 0 Å². The summed E-state index contributed by atoms with van der Waals surface area (Å²) in [4.78, 5) is 0. The van der Waals surface area contributed by atoms with Crippen molar-refractivity contribution in [3.05, 3.63) is 35.9 Å². The highest BCUT2D eigenvalue weighted by molar-refractivity contribution is 5.89. The number of hydrogen-bond donors (Lipinski definition) is 3. The van der Waals surface area contributed by atoms with Gasteiger partial charge < -0.3 is 16.7 Å². The van der Waals surface area contributed by atoms with Crippen molar-refractivity contribution in [2.75, 3.05) is 0 Å². The van der Waals surface area contributed by atoms with Gasteiger partial charge in [-0.3, -0.25) is 0 Å². The average Bonchev–Trinajstić information content (AvgIpc) is 2.18. The lowest BCUT2D eigenvalue weighted by Gasteiger charge is -2.22. The lowest BCUT2D eigenvalue weighted by Crippen LogP contribution is -2.39.